The molecular formula is C19H32O3. The number of aliphatic hydroxyl groups excluding tert-OH is 3. The van der Waals surface area contributed by atoms with Gasteiger partial charge in [0.25, 0.3) is 0 Å². The van der Waals surface area contributed by atoms with Crippen molar-refractivity contribution in [3.05, 3.63) is 0 Å². The summed E-state index contributed by atoms with van der Waals surface area (Å²) in [5, 5.41) is 31.4. The number of hydrogen-bond acceptors (Lipinski definition) is 3. The topological polar surface area (TPSA) is 60.7 Å². The molecule has 0 aromatic carbocycles. The minimum atomic E-state index is -0.263. The molecule has 4 saturated carbocycles. The van der Waals surface area contributed by atoms with E-state index >= 15 is 0 Å². The van der Waals surface area contributed by atoms with Crippen molar-refractivity contribution in [3.63, 3.8) is 0 Å². The zero-order chi connectivity index (χ0) is 15.7. The molecule has 0 amide bonds. The number of hydrogen-bond donors (Lipinski definition) is 3. The predicted octanol–water partition coefficient (Wildman–Crippen LogP) is 2.72. The zero-order valence-electron chi connectivity index (χ0n) is 14.0. The Morgan fingerprint density at radius 1 is 0.727 bits per heavy atom. The summed E-state index contributed by atoms with van der Waals surface area (Å²) in [5.41, 5.74) is 0.273. The predicted molar refractivity (Wildman–Crippen MR) is 85.1 cm³/mol. The molecule has 0 aliphatic heterocycles. The average Bonchev–Trinajstić information content (AvgIpc) is 2.77. The molecule has 9 atom stereocenters. The lowest BCUT2D eigenvalue weighted by Crippen LogP contribution is -2.58. The van der Waals surface area contributed by atoms with Gasteiger partial charge in [-0.15, -0.1) is 0 Å². The lowest BCUT2D eigenvalue weighted by Gasteiger charge is -2.61. The maximum Gasteiger partial charge on any atom is 0.0596 e. The second-order valence-corrected chi connectivity index (χ2v) is 9.36. The van der Waals surface area contributed by atoms with Gasteiger partial charge < -0.3 is 15.3 Å². The Morgan fingerprint density at radius 3 is 2.18 bits per heavy atom. The van der Waals surface area contributed by atoms with E-state index in [1.54, 1.807) is 0 Å². The number of fused-ring (bicyclic) bond motifs is 5. The molecule has 4 aliphatic rings. The second-order valence-electron chi connectivity index (χ2n) is 9.36. The van der Waals surface area contributed by atoms with Crippen LogP contribution in [0.3, 0.4) is 0 Å². The summed E-state index contributed by atoms with van der Waals surface area (Å²) in [4.78, 5) is 0. The first-order valence-corrected chi connectivity index (χ1v) is 9.40. The molecule has 3 nitrogen and oxygen atoms in total. The Labute approximate surface area is 134 Å². The third-order valence-corrected chi connectivity index (χ3v) is 8.60. The van der Waals surface area contributed by atoms with E-state index in [1.807, 2.05) is 0 Å². The Kier molecular flexibility index (Phi) is 3.46. The summed E-state index contributed by atoms with van der Waals surface area (Å²) in [6.07, 6.45) is 7.42. The van der Waals surface area contributed by atoms with E-state index < -0.39 is 0 Å². The summed E-state index contributed by atoms with van der Waals surface area (Å²) < 4.78 is 0. The smallest absolute Gasteiger partial charge is 0.0596 e. The number of rotatable bonds is 0. The normalized spacial score (nSPS) is 61.2. The van der Waals surface area contributed by atoms with Gasteiger partial charge in [-0.3, -0.25) is 0 Å². The highest BCUT2D eigenvalue weighted by Gasteiger charge is 2.61. The first-order chi connectivity index (χ1) is 10.4. The highest BCUT2D eigenvalue weighted by molar-refractivity contribution is 5.11. The molecule has 22 heavy (non-hydrogen) atoms. The minimum Gasteiger partial charge on any atom is -0.393 e. The van der Waals surface area contributed by atoms with Gasteiger partial charge in [-0.2, -0.15) is 0 Å². The van der Waals surface area contributed by atoms with Crippen LogP contribution in [0, 0.1) is 34.5 Å². The first-order valence-electron chi connectivity index (χ1n) is 9.40. The molecule has 0 unspecified atom stereocenters. The van der Waals surface area contributed by atoms with Gasteiger partial charge in [0, 0.05) is 0 Å². The van der Waals surface area contributed by atoms with Gasteiger partial charge in [-0.1, -0.05) is 13.8 Å². The number of aliphatic hydroxyl groups is 3. The van der Waals surface area contributed by atoms with E-state index in [4.69, 9.17) is 0 Å². The molecule has 126 valence electrons. The van der Waals surface area contributed by atoms with Crippen LogP contribution >= 0.6 is 0 Å². The van der Waals surface area contributed by atoms with Crippen LogP contribution in [0.15, 0.2) is 0 Å². The fourth-order valence-electron chi connectivity index (χ4n) is 7.25. The van der Waals surface area contributed by atoms with Crippen LogP contribution in [0.25, 0.3) is 0 Å². The lowest BCUT2D eigenvalue weighted by molar-refractivity contribution is -0.174. The third kappa shape index (κ3) is 1.91. The zero-order valence-corrected chi connectivity index (χ0v) is 14.0. The molecule has 0 bridgehead atoms. The van der Waals surface area contributed by atoms with Crippen molar-refractivity contribution in [1.82, 2.24) is 0 Å². The maximum atomic E-state index is 10.8. The van der Waals surface area contributed by atoms with Gasteiger partial charge in [0.1, 0.15) is 0 Å². The van der Waals surface area contributed by atoms with Crippen LogP contribution in [-0.2, 0) is 0 Å². The highest BCUT2D eigenvalue weighted by atomic mass is 16.3. The monoisotopic (exact) mass is 308 g/mol. The van der Waals surface area contributed by atoms with Crippen molar-refractivity contribution >= 4 is 0 Å². The lowest BCUT2D eigenvalue weighted by atomic mass is 9.44. The van der Waals surface area contributed by atoms with E-state index in [-0.39, 0.29) is 35.1 Å². The molecule has 3 N–H and O–H groups in total. The minimum absolute atomic E-state index is 0.0816. The van der Waals surface area contributed by atoms with E-state index in [0.29, 0.717) is 17.8 Å². The SMILES string of the molecule is C[C@]12CC[C@H](O)C[C@@H]1[C@H](O)C[C@@H]1[C@@H]2CC[C@]2(C)[C@@H](O)CC[C@@H]12. The largest absolute Gasteiger partial charge is 0.393 e. The standard InChI is InChI=1S/C19H32O3/c1-18-7-5-11(20)9-15(18)16(21)10-12-13-3-4-17(22)19(13,2)8-6-14(12)18/h11-17,20-22H,3-10H2,1-2H3/t11-,12-,13-,14-,15+,16+,17-,18+,19-/m0/s1. The summed E-state index contributed by atoms with van der Waals surface area (Å²) in [5.74, 6) is 2.10. The summed E-state index contributed by atoms with van der Waals surface area (Å²) in [6, 6.07) is 0. The summed E-state index contributed by atoms with van der Waals surface area (Å²) >= 11 is 0. The Bertz CT molecular complexity index is 452. The van der Waals surface area contributed by atoms with Crippen LogP contribution in [0.1, 0.15) is 65.2 Å². The van der Waals surface area contributed by atoms with Gasteiger partial charge in [0.2, 0.25) is 0 Å². The molecule has 0 aromatic rings. The highest BCUT2D eigenvalue weighted by Crippen LogP contribution is 2.66. The molecule has 4 rings (SSSR count). The molecule has 4 aliphatic carbocycles. The third-order valence-electron chi connectivity index (χ3n) is 8.60. The Morgan fingerprint density at radius 2 is 1.41 bits per heavy atom. The Balaban J connectivity index is 1.66. The fourth-order valence-corrected chi connectivity index (χ4v) is 7.25. The van der Waals surface area contributed by atoms with Crippen molar-refractivity contribution in [1.29, 1.82) is 0 Å². The first kappa shape index (κ1) is 15.4. The molecule has 0 heterocycles. The molecule has 0 aromatic heterocycles. The van der Waals surface area contributed by atoms with Crippen LogP contribution in [-0.4, -0.2) is 33.6 Å². The van der Waals surface area contributed by atoms with E-state index in [9.17, 15) is 15.3 Å². The van der Waals surface area contributed by atoms with Crippen molar-refractivity contribution < 1.29 is 15.3 Å². The average molecular weight is 308 g/mol. The summed E-state index contributed by atoms with van der Waals surface area (Å²) in [6.45, 7) is 4.68. The van der Waals surface area contributed by atoms with E-state index in [2.05, 4.69) is 13.8 Å². The van der Waals surface area contributed by atoms with Gasteiger partial charge in [-0.05, 0) is 85.9 Å². The van der Waals surface area contributed by atoms with Crippen LogP contribution in [0.5, 0.6) is 0 Å². The van der Waals surface area contributed by atoms with Crippen molar-refractivity contribution in [2.24, 2.45) is 34.5 Å². The van der Waals surface area contributed by atoms with E-state index in [1.165, 1.54) is 6.42 Å². The quantitative estimate of drug-likeness (QED) is 0.645. The van der Waals surface area contributed by atoms with E-state index in [0.717, 1.165) is 44.9 Å². The molecule has 0 radical (unpaired) electrons. The van der Waals surface area contributed by atoms with Crippen LogP contribution in [0.4, 0.5) is 0 Å². The van der Waals surface area contributed by atoms with Crippen molar-refractivity contribution in [3.8, 4) is 0 Å². The molecule has 4 fully saturated rings. The van der Waals surface area contributed by atoms with Crippen LogP contribution < -0.4 is 0 Å². The van der Waals surface area contributed by atoms with Gasteiger partial charge in [0.15, 0.2) is 0 Å². The molecule has 0 saturated heterocycles. The van der Waals surface area contributed by atoms with Crippen LogP contribution in [0.2, 0.25) is 0 Å². The Hall–Kier alpha value is -0.120. The van der Waals surface area contributed by atoms with Gasteiger partial charge >= 0.3 is 0 Å². The van der Waals surface area contributed by atoms with Gasteiger partial charge in [-0.25, -0.2) is 0 Å². The second kappa shape index (κ2) is 4.94. The van der Waals surface area contributed by atoms with Crippen molar-refractivity contribution in [2.45, 2.75) is 83.5 Å². The molecule has 3 heteroatoms. The fraction of sp³-hybridized carbons (Fsp3) is 1.00. The molecular weight excluding hydrogens is 276 g/mol. The molecule has 0 spiro atoms. The summed E-state index contributed by atoms with van der Waals surface area (Å²) in [7, 11) is 0. The van der Waals surface area contributed by atoms with Gasteiger partial charge in [0.05, 0.1) is 18.3 Å². The van der Waals surface area contributed by atoms with Crippen molar-refractivity contribution in [2.75, 3.05) is 0 Å². The maximum absolute atomic E-state index is 10.8.